The van der Waals surface area contributed by atoms with E-state index >= 15 is 0 Å². The second-order valence-corrected chi connectivity index (χ2v) is 5.80. The number of aromatic hydroxyl groups is 1. The molecular weight excluding hydrogens is 376 g/mol. The van der Waals surface area contributed by atoms with Gasteiger partial charge in [0, 0.05) is 0 Å². The summed E-state index contributed by atoms with van der Waals surface area (Å²) < 4.78 is 10.9. The number of hydrazone groups is 1. The first-order valence-corrected chi connectivity index (χ1v) is 7.86. The van der Waals surface area contributed by atoms with E-state index in [9.17, 15) is 9.90 Å². The number of carbonyl (C=O) groups excluding carboxylic acids is 1. The van der Waals surface area contributed by atoms with Crippen molar-refractivity contribution < 1.29 is 19.4 Å². The molecule has 0 unspecified atom stereocenters. The van der Waals surface area contributed by atoms with Gasteiger partial charge >= 0.3 is 0 Å². The van der Waals surface area contributed by atoms with Gasteiger partial charge in [-0.3, -0.25) is 4.79 Å². The number of nitrogens with zero attached hydrogens (tertiary/aromatic N) is 1. The van der Waals surface area contributed by atoms with Crippen LogP contribution in [0.15, 0.2) is 46.0 Å². The number of aryl methyl sites for hydroxylation is 1. The van der Waals surface area contributed by atoms with E-state index in [-0.39, 0.29) is 18.3 Å². The van der Waals surface area contributed by atoms with Gasteiger partial charge in [-0.05, 0) is 52.7 Å². The number of carbonyl (C=O) groups is 1. The molecular formula is C17H17BrN2O4. The minimum atomic E-state index is -0.378. The zero-order chi connectivity index (χ0) is 17.5. The molecule has 0 aliphatic heterocycles. The third-order valence-electron chi connectivity index (χ3n) is 3.06. The fourth-order valence-electron chi connectivity index (χ4n) is 1.82. The minimum absolute atomic E-state index is 0.00480. The van der Waals surface area contributed by atoms with Gasteiger partial charge in [0.25, 0.3) is 5.91 Å². The Balaban J connectivity index is 1.88. The van der Waals surface area contributed by atoms with Crippen LogP contribution in [0.5, 0.6) is 17.2 Å². The highest BCUT2D eigenvalue weighted by Crippen LogP contribution is 2.34. The monoisotopic (exact) mass is 392 g/mol. The van der Waals surface area contributed by atoms with E-state index in [0.717, 1.165) is 5.56 Å². The molecule has 0 atom stereocenters. The van der Waals surface area contributed by atoms with Crippen molar-refractivity contribution in [3.05, 3.63) is 52.0 Å². The molecule has 0 spiro atoms. The van der Waals surface area contributed by atoms with Crippen molar-refractivity contribution in [3.63, 3.8) is 0 Å². The van der Waals surface area contributed by atoms with Crippen molar-refractivity contribution in [2.75, 3.05) is 13.7 Å². The summed E-state index contributed by atoms with van der Waals surface area (Å²) in [6, 6.07) is 10.6. The predicted octanol–water partition coefficient (Wildman–Crippen LogP) is 3.00. The van der Waals surface area contributed by atoms with E-state index in [0.29, 0.717) is 21.5 Å². The van der Waals surface area contributed by atoms with Crippen LogP contribution in [0.4, 0.5) is 0 Å². The summed E-state index contributed by atoms with van der Waals surface area (Å²) in [6.45, 7) is 1.84. The average molecular weight is 393 g/mol. The van der Waals surface area contributed by atoms with E-state index in [1.165, 1.54) is 13.3 Å². The summed E-state index contributed by atoms with van der Waals surface area (Å²) in [4.78, 5) is 11.7. The molecule has 0 bridgehead atoms. The van der Waals surface area contributed by atoms with Crippen molar-refractivity contribution in [2.24, 2.45) is 5.10 Å². The summed E-state index contributed by atoms with van der Waals surface area (Å²) in [6.07, 6.45) is 1.44. The lowest BCUT2D eigenvalue weighted by molar-refractivity contribution is -0.123. The standard InChI is InChI=1S/C17H17BrN2O4/c1-11-3-5-13(6-4-11)24-10-16(21)20-19-9-12-7-14(18)17(22)15(8-12)23-2/h3-9,22H,10H2,1-2H3,(H,20,21)/b19-9+. The average Bonchev–Trinajstić information content (AvgIpc) is 2.57. The lowest BCUT2D eigenvalue weighted by Crippen LogP contribution is -2.24. The van der Waals surface area contributed by atoms with E-state index in [1.807, 2.05) is 19.1 Å². The molecule has 2 rings (SSSR count). The molecule has 6 nitrogen and oxygen atoms in total. The van der Waals surface area contributed by atoms with Crippen molar-refractivity contribution >= 4 is 28.1 Å². The number of methoxy groups -OCH3 is 1. The van der Waals surface area contributed by atoms with Crippen LogP contribution >= 0.6 is 15.9 Å². The van der Waals surface area contributed by atoms with Gasteiger partial charge in [0.1, 0.15) is 5.75 Å². The molecule has 0 aliphatic rings. The lowest BCUT2D eigenvalue weighted by atomic mass is 10.2. The Hall–Kier alpha value is -2.54. The number of benzene rings is 2. The molecule has 0 radical (unpaired) electrons. The molecule has 2 aromatic carbocycles. The minimum Gasteiger partial charge on any atom is -0.503 e. The summed E-state index contributed by atoms with van der Waals surface area (Å²) in [5.41, 5.74) is 4.14. The summed E-state index contributed by atoms with van der Waals surface area (Å²) in [5.74, 6) is 0.550. The first-order valence-electron chi connectivity index (χ1n) is 7.07. The largest absolute Gasteiger partial charge is 0.503 e. The first-order chi connectivity index (χ1) is 11.5. The van der Waals surface area contributed by atoms with Gasteiger partial charge in [0.05, 0.1) is 17.8 Å². The zero-order valence-electron chi connectivity index (χ0n) is 13.2. The number of nitrogens with one attached hydrogen (secondary N) is 1. The number of hydrogen-bond acceptors (Lipinski definition) is 5. The number of halogens is 1. The smallest absolute Gasteiger partial charge is 0.277 e. The second-order valence-electron chi connectivity index (χ2n) is 4.95. The normalized spacial score (nSPS) is 10.6. The summed E-state index contributed by atoms with van der Waals surface area (Å²) >= 11 is 3.22. The molecule has 2 N–H and O–H groups in total. The number of rotatable bonds is 6. The maximum atomic E-state index is 11.7. The summed E-state index contributed by atoms with van der Waals surface area (Å²) in [5, 5.41) is 13.6. The quantitative estimate of drug-likeness (QED) is 0.584. The van der Waals surface area contributed by atoms with E-state index < -0.39 is 0 Å². The van der Waals surface area contributed by atoms with E-state index in [4.69, 9.17) is 9.47 Å². The second kappa shape index (κ2) is 8.35. The van der Waals surface area contributed by atoms with Crippen LogP contribution in [0.3, 0.4) is 0 Å². The Morgan fingerprint density at radius 2 is 2.04 bits per heavy atom. The molecule has 0 aromatic heterocycles. The maximum absolute atomic E-state index is 11.7. The van der Waals surface area contributed by atoms with Crippen LogP contribution < -0.4 is 14.9 Å². The number of phenolic OH excluding ortho intramolecular Hbond substituents is 1. The number of phenols is 1. The highest BCUT2D eigenvalue weighted by atomic mass is 79.9. The van der Waals surface area contributed by atoms with Crippen LogP contribution in [0.2, 0.25) is 0 Å². The van der Waals surface area contributed by atoms with Gasteiger partial charge in [0.15, 0.2) is 18.1 Å². The lowest BCUT2D eigenvalue weighted by Gasteiger charge is -2.06. The molecule has 2 aromatic rings. The van der Waals surface area contributed by atoms with Crippen molar-refractivity contribution in [1.29, 1.82) is 0 Å². The van der Waals surface area contributed by atoms with Gasteiger partial charge in [-0.15, -0.1) is 0 Å². The van der Waals surface area contributed by atoms with Crippen LogP contribution in [-0.4, -0.2) is 30.9 Å². The molecule has 7 heteroatoms. The van der Waals surface area contributed by atoms with E-state index in [1.54, 1.807) is 24.3 Å². The van der Waals surface area contributed by atoms with Crippen LogP contribution in [-0.2, 0) is 4.79 Å². The third-order valence-corrected chi connectivity index (χ3v) is 3.67. The Bertz CT molecular complexity index is 745. The fourth-order valence-corrected chi connectivity index (χ4v) is 2.28. The Morgan fingerprint density at radius 3 is 2.71 bits per heavy atom. The topological polar surface area (TPSA) is 80.2 Å². The van der Waals surface area contributed by atoms with Crippen LogP contribution in [0, 0.1) is 6.92 Å². The van der Waals surface area contributed by atoms with Crippen molar-refractivity contribution in [2.45, 2.75) is 6.92 Å². The molecule has 24 heavy (non-hydrogen) atoms. The molecule has 0 saturated heterocycles. The van der Waals surface area contributed by atoms with E-state index in [2.05, 4.69) is 26.5 Å². The third kappa shape index (κ3) is 4.99. The number of ether oxygens (including phenoxy) is 2. The molecule has 1 amide bonds. The molecule has 0 heterocycles. The van der Waals surface area contributed by atoms with Crippen molar-refractivity contribution in [3.8, 4) is 17.2 Å². The highest BCUT2D eigenvalue weighted by molar-refractivity contribution is 9.10. The Kier molecular flexibility index (Phi) is 6.20. The Labute approximate surface area is 148 Å². The highest BCUT2D eigenvalue weighted by Gasteiger charge is 2.07. The predicted molar refractivity (Wildman–Crippen MR) is 94.8 cm³/mol. The molecule has 126 valence electrons. The van der Waals surface area contributed by atoms with Gasteiger partial charge in [-0.1, -0.05) is 17.7 Å². The molecule has 0 fully saturated rings. The van der Waals surface area contributed by atoms with Gasteiger partial charge in [0.2, 0.25) is 0 Å². The molecule has 0 saturated carbocycles. The zero-order valence-corrected chi connectivity index (χ0v) is 14.8. The molecule has 0 aliphatic carbocycles. The SMILES string of the molecule is COc1cc(/C=N/NC(=O)COc2ccc(C)cc2)cc(Br)c1O. The Morgan fingerprint density at radius 1 is 1.33 bits per heavy atom. The van der Waals surface area contributed by atoms with Gasteiger partial charge < -0.3 is 14.6 Å². The summed E-state index contributed by atoms with van der Waals surface area (Å²) in [7, 11) is 1.45. The fraction of sp³-hybridized carbons (Fsp3) is 0.176. The van der Waals surface area contributed by atoms with Gasteiger partial charge in [-0.2, -0.15) is 5.10 Å². The number of amides is 1. The first kappa shape index (κ1) is 17.8. The number of hydrogen-bond donors (Lipinski definition) is 2. The maximum Gasteiger partial charge on any atom is 0.277 e. The van der Waals surface area contributed by atoms with Crippen molar-refractivity contribution in [1.82, 2.24) is 5.43 Å². The van der Waals surface area contributed by atoms with Crippen LogP contribution in [0.25, 0.3) is 0 Å². The van der Waals surface area contributed by atoms with Gasteiger partial charge in [-0.25, -0.2) is 5.43 Å². The van der Waals surface area contributed by atoms with Crippen LogP contribution in [0.1, 0.15) is 11.1 Å².